The van der Waals surface area contributed by atoms with E-state index in [9.17, 15) is 9.18 Å². The first-order valence-corrected chi connectivity index (χ1v) is 11.0. The van der Waals surface area contributed by atoms with Crippen LogP contribution in [0.4, 0.5) is 4.39 Å². The summed E-state index contributed by atoms with van der Waals surface area (Å²) in [7, 11) is 0. The van der Waals surface area contributed by atoms with Gasteiger partial charge in [0.25, 0.3) is 0 Å². The lowest BCUT2D eigenvalue weighted by atomic mass is 10.2. The predicted octanol–water partition coefficient (Wildman–Crippen LogP) is 4.03. The van der Waals surface area contributed by atoms with Gasteiger partial charge in [-0.1, -0.05) is 23.4 Å². The van der Waals surface area contributed by atoms with E-state index in [0.717, 1.165) is 30.8 Å². The Hall–Kier alpha value is -2.23. The van der Waals surface area contributed by atoms with E-state index in [-0.39, 0.29) is 22.7 Å². The van der Waals surface area contributed by atoms with Gasteiger partial charge in [0, 0.05) is 29.2 Å². The lowest BCUT2D eigenvalue weighted by Crippen LogP contribution is -2.17. The van der Waals surface area contributed by atoms with Crippen LogP contribution in [0.5, 0.6) is 0 Å². The maximum atomic E-state index is 13.5. The van der Waals surface area contributed by atoms with Gasteiger partial charge >= 0.3 is 0 Å². The smallest absolute Gasteiger partial charge is 0.209 e. The molecule has 4 rings (SSSR count). The fourth-order valence-electron chi connectivity index (χ4n) is 3.67. The summed E-state index contributed by atoms with van der Waals surface area (Å²) in [5.74, 6) is -0.295. The topological polar surface area (TPSA) is 74.8 Å². The molecule has 3 aromatic rings. The first-order chi connectivity index (χ1) is 14.4. The molecular weight excluding hydrogens is 429 g/mol. The quantitative estimate of drug-likeness (QED) is 0.400. The van der Waals surface area contributed by atoms with Crippen LogP contribution in [0.15, 0.2) is 29.4 Å². The Balaban J connectivity index is 1.48. The van der Waals surface area contributed by atoms with Crippen LogP contribution in [0.2, 0.25) is 5.02 Å². The number of ether oxygens (including phenoxy) is 1. The van der Waals surface area contributed by atoms with Crippen LogP contribution >= 0.6 is 23.4 Å². The minimum absolute atomic E-state index is 0.0285. The van der Waals surface area contributed by atoms with Crippen molar-refractivity contribution in [2.75, 3.05) is 12.4 Å². The molecule has 2 aromatic heterocycles. The molecule has 1 aliphatic heterocycles. The van der Waals surface area contributed by atoms with Gasteiger partial charge in [0.2, 0.25) is 5.16 Å². The highest BCUT2D eigenvalue weighted by Crippen LogP contribution is 2.26. The third kappa shape index (κ3) is 4.28. The van der Waals surface area contributed by atoms with E-state index in [4.69, 9.17) is 16.3 Å². The van der Waals surface area contributed by atoms with Crippen molar-refractivity contribution < 1.29 is 13.9 Å². The zero-order valence-electron chi connectivity index (χ0n) is 16.6. The molecule has 0 N–H and O–H groups in total. The lowest BCUT2D eigenvalue weighted by Gasteiger charge is -2.11. The number of halogens is 2. The monoisotopic (exact) mass is 449 g/mol. The highest BCUT2D eigenvalue weighted by Gasteiger charge is 2.21. The van der Waals surface area contributed by atoms with Crippen LogP contribution in [0.25, 0.3) is 5.69 Å². The maximum Gasteiger partial charge on any atom is 0.209 e. The standard InChI is InChI=1S/C20H21ClFN5O2S/c1-12-8-16(13(2)27(12)14-5-6-18(22)17(21)9-14)19(28)11-30-20-23-24-25-26(20)10-15-4-3-7-29-15/h5-6,8-9,15H,3-4,7,10-11H2,1-2H3. The summed E-state index contributed by atoms with van der Waals surface area (Å²) in [6.07, 6.45) is 2.15. The molecule has 0 radical (unpaired) electrons. The third-order valence-electron chi connectivity index (χ3n) is 5.12. The molecule has 158 valence electrons. The van der Waals surface area contributed by atoms with E-state index < -0.39 is 5.82 Å². The van der Waals surface area contributed by atoms with Crippen LogP contribution in [-0.2, 0) is 11.3 Å². The van der Waals surface area contributed by atoms with E-state index in [0.29, 0.717) is 23.0 Å². The maximum absolute atomic E-state index is 13.5. The summed E-state index contributed by atoms with van der Waals surface area (Å²) in [5.41, 5.74) is 2.97. The Kier molecular flexibility index (Phi) is 6.21. The highest BCUT2D eigenvalue weighted by atomic mass is 35.5. The van der Waals surface area contributed by atoms with Gasteiger partial charge < -0.3 is 9.30 Å². The molecule has 1 atom stereocenters. The van der Waals surface area contributed by atoms with E-state index in [1.54, 1.807) is 16.8 Å². The van der Waals surface area contributed by atoms with E-state index >= 15 is 0 Å². The zero-order valence-corrected chi connectivity index (χ0v) is 18.2. The normalized spacial score (nSPS) is 16.3. The molecule has 10 heteroatoms. The molecule has 7 nitrogen and oxygen atoms in total. The molecule has 0 amide bonds. The van der Waals surface area contributed by atoms with Gasteiger partial charge in [0.05, 0.1) is 23.4 Å². The Labute approximate surface area is 182 Å². The molecule has 30 heavy (non-hydrogen) atoms. The summed E-state index contributed by atoms with van der Waals surface area (Å²) in [6.45, 7) is 5.12. The summed E-state index contributed by atoms with van der Waals surface area (Å²) >= 11 is 7.24. The number of carbonyl (C=O) groups excluding carboxylic acids is 1. The van der Waals surface area contributed by atoms with Crippen LogP contribution in [0.3, 0.4) is 0 Å². The number of carbonyl (C=O) groups is 1. The second-order valence-electron chi connectivity index (χ2n) is 7.21. The number of hydrogen-bond acceptors (Lipinski definition) is 6. The van der Waals surface area contributed by atoms with E-state index in [1.807, 2.05) is 24.5 Å². The number of thioether (sulfide) groups is 1. The zero-order chi connectivity index (χ0) is 21.3. The summed E-state index contributed by atoms with van der Waals surface area (Å²) in [6, 6.07) is 6.36. The molecule has 3 heterocycles. The molecule has 1 saturated heterocycles. The average molecular weight is 450 g/mol. The van der Waals surface area contributed by atoms with Crippen molar-refractivity contribution in [3.8, 4) is 5.69 Å². The first kappa shape index (κ1) is 21.0. The van der Waals surface area contributed by atoms with Crippen molar-refractivity contribution in [2.24, 2.45) is 0 Å². The number of ketones is 1. The Morgan fingerprint density at radius 3 is 2.93 bits per heavy atom. The highest BCUT2D eigenvalue weighted by molar-refractivity contribution is 7.99. The molecule has 0 saturated carbocycles. The minimum atomic E-state index is -0.476. The molecule has 1 aromatic carbocycles. The number of nitrogens with zero attached hydrogens (tertiary/aromatic N) is 5. The number of tetrazole rings is 1. The van der Waals surface area contributed by atoms with Crippen molar-refractivity contribution in [1.82, 2.24) is 24.8 Å². The number of aromatic nitrogens is 5. The van der Waals surface area contributed by atoms with Crippen LogP contribution < -0.4 is 0 Å². The van der Waals surface area contributed by atoms with Crippen molar-refractivity contribution in [2.45, 2.75) is 44.5 Å². The number of rotatable bonds is 7. The van der Waals surface area contributed by atoms with Crippen molar-refractivity contribution >= 4 is 29.1 Å². The minimum Gasteiger partial charge on any atom is -0.376 e. The van der Waals surface area contributed by atoms with Crippen LogP contribution in [0, 0.1) is 19.7 Å². The van der Waals surface area contributed by atoms with Gasteiger partial charge in [-0.2, -0.15) is 0 Å². The predicted molar refractivity (Wildman–Crippen MR) is 112 cm³/mol. The molecule has 1 aliphatic rings. The Morgan fingerprint density at radius 1 is 1.37 bits per heavy atom. The Bertz CT molecular complexity index is 1080. The number of aryl methyl sites for hydroxylation is 1. The van der Waals surface area contributed by atoms with E-state index in [2.05, 4.69) is 15.5 Å². The largest absolute Gasteiger partial charge is 0.376 e. The van der Waals surface area contributed by atoms with Gasteiger partial charge in [-0.05, 0) is 61.4 Å². The second-order valence-corrected chi connectivity index (χ2v) is 8.56. The summed E-state index contributed by atoms with van der Waals surface area (Å²) < 4.78 is 22.7. The van der Waals surface area contributed by atoms with E-state index in [1.165, 1.54) is 17.8 Å². The Morgan fingerprint density at radius 2 is 2.20 bits per heavy atom. The van der Waals surface area contributed by atoms with Crippen molar-refractivity contribution in [3.63, 3.8) is 0 Å². The van der Waals surface area contributed by atoms with Crippen LogP contribution in [0.1, 0.15) is 34.6 Å². The third-order valence-corrected chi connectivity index (χ3v) is 6.37. The number of hydrogen-bond donors (Lipinski definition) is 0. The first-order valence-electron chi connectivity index (χ1n) is 9.62. The van der Waals surface area contributed by atoms with Crippen molar-refractivity contribution in [3.05, 3.63) is 52.1 Å². The van der Waals surface area contributed by atoms with Crippen LogP contribution in [-0.4, -0.2) is 49.0 Å². The van der Waals surface area contributed by atoms with Gasteiger partial charge in [-0.25, -0.2) is 9.07 Å². The fraction of sp³-hybridized carbons (Fsp3) is 0.400. The second kappa shape index (κ2) is 8.87. The van der Waals surface area contributed by atoms with Gasteiger partial charge in [-0.3, -0.25) is 4.79 Å². The summed E-state index contributed by atoms with van der Waals surface area (Å²) in [5, 5.41) is 12.4. The molecule has 0 aliphatic carbocycles. The number of Topliss-reactive ketones (excluding diaryl/α,β-unsaturated/α-hetero) is 1. The van der Waals surface area contributed by atoms with Gasteiger partial charge in [-0.15, -0.1) is 5.10 Å². The average Bonchev–Trinajstić information content (AvgIpc) is 3.44. The molecule has 0 spiro atoms. The van der Waals surface area contributed by atoms with Gasteiger partial charge in [0.1, 0.15) is 5.82 Å². The fourth-order valence-corrected chi connectivity index (χ4v) is 4.61. The molecule has 1 unspecified atom stereocenters. The molecular formula is C20H21ClFN5O2S. The lowest BCUT2D eigenvalue weighted by molar-refractivity contribution is 0.0912. The SMILES string of the molecule is Cc1cc(C(=O)CSc2nnnn2CC2CCCO2)c(C)n1-c1ccc(F)c(Cl)c1. The number of benzene rings is 1. The van der Waals surface area contributed by atoms with Crippen molar-refractivity contribution in [1.29, 1.82) is 0 Å². The summed E-state index contributed by atoms with van der Waals surface area (Å²) in [4.78, 5) is 12.9. The van der Waals surface area contributed by atoms with Gasteiger partial charge in [0.15, 0.2) is 5.78 Å². The molecule has 0 bridgehead atoms. The molecule has 1 fully saturated rings.